The van der Waals surface area contributed by atoms with E-state index in [0.717, 1.165) is 16.7 Å². The van der Waals surface area contributed by atoms with E-state index >= 15 is 0 Å². The molecule has 0 radical (unpaired) electrons. The summed E-state index contributed by atoms with van der Waals surface area (Å²) in [4.78, 5) is 0. The maximum absolute atomic E-state index is 9.89. The van der Waals surface area contributed by atoms with Crippen molar-refractivity contribution >= 4 is 12.6 Å². The van der Waals surface area contributed by atoms with Crippen molar-refractivity contribution in [3.63, 3.8) is 0 Å². The van der Waals surface area contributed by atoms with E-state index in [-0.39, 0.29) is 5.75 Å². The SMILES string of the molecule is Cc1cc(C)c(C(O)C(O)CS)cc1C. The first-order valence-corrected chi connectivity index (χ1v) is 5.65. The first kappa shape index (κ1) is 12.6. The van der Waals surface area contributed by atoms with Crippen molar-refractivity contribution in [2.75, 3.05) is 5.75 Å². The molecule has 0 fully saturated rings. The van der Waals surface area contributed by atoms with Crippen molar-refractivity contribution in [2.24, 2.45) is 0 Å². The molecular weight excluding hydrogens is 208 g/mol. The number of aliphatic hydroxyl groups is 2. The van der Waals surface area contributed by atoms with Gasteiger partial charge >= 0.3 is 0 Å². The number of thiol groups is 1. The summed E-state index contributed by atoms with van der Waals surface area (Å²) in [6.07, 6.45) is -1.66. The molecule has 2 unspecified atom stereocenters. The van der Waals surface area contributed by atoms with E-state index < -0.39 is 12.2 Å². The molecule has 0 saturated heterocycles. The van der Waals surface area contributed by atoms with Crippen LogP contribution in [0.3, 0.4) is 0 Å². The summed E-state index contributed by atoms with van der Waals surface area (Å²) in [5, 5.41) is 19.4. The molecule has 15 heavy (non-hydrogen) atoms. The standard InChI is InChI=1S/C12H18O2S/c1-7-4-9(3)10(5-8(7)2)12(14)11(13)6-15/h4-5,11-15H,6H2,1-3H3. The lowest BCUT2D eigenvalue weighted by Gasteiger charge is -2.19. The van der Waals surface area contributed by atoms with E-state index in [1.807, 2.05) is 32.9 Å². The molecular formula is C12H18O2S. The van der Waals surface area contributed by atoms with Gasteiger partial charge in [0, 0.05) is 5.75 Å². The van der Waals surface area contributed by atoms with Crippen molar-refractivity contribution in [1.82, 2.24) is 0 Å². The van der Waals surface area contributed by atoms with Gasteiger partial charge in [-0.2, -0.15) is 12.6 Å². The van der Waals surface area contributed by atoms with Crippen molar-refractivity contribution in [3.05, 3.63) is 34.4 Å². The average molecular weight is 226 g/mol. The average Bonchev–Trinajstić information content (AvgIpc) is 2.21. The van der Waals surface area contributed by atoms with E-state index in [0.29, 0.717) is 0 Å². The molecule has 2 nitrogen and oxygen atoms in total. The second kappa shape index (κ2) is 5.01. The Morgan fingerprint density at radius 2 is 1.60 bits per heavy atom. The Morgan fingerprint density at radius 3 is 2.13 bits per heavy atom. The van der Waals surface area contributed by atoms with Gasteiger partial charge in [0.15, 0.2) is 0 Å². The van der Waals surface area contributed by atoms with Gasteiger partial charge < -0.3 is 10.2 Å². The molecule has 0 aliphatic heterocycles. The summed E-state index contributed by atoms with van der Waals surface area (Å²) in [6, 6.07) is 3.96. The Hall–Kier alpha value is -0.510. The highest BCUT2D eigenvalue weighted by atomic mass is 32.1. The lowest BCUT2D eigenvalue weighted by molar-refractivity contribution is 0.0333. The van der Waals surface area contributed by atoms with Gasteiger partial charge in [-0.3, -0.25) is 0 Å². The van der Waals surface area contributed by atoms with Gasteiger partial charge in [0.05, 0.1) is 6.10 Å². The van der Waals surface area contributed by atoms with Crippen LogP contribution in [0, 0.1) is 20.8 Å². The number of benzene rings is 1. The highest BCUT2D eigenvalue weighted by Crippen LogP contribution is 2.24. The third kappa shape index (κ3) is 2.74. The smallest absolute Gasteiger partial charge is 0.106 e. The van der Waals surface area contributed by atoms with Gasteiger partial charge in [0.2, 0.25) is 0 Å². The molecule has 3 heteroatoms. The van der Waals surface area contributed by atoms with Crippen LogP contribution in [0.25, 0.3) is 0 Å². The van der Waals surface area contributed by atoms with Crippen LogP contribution in [0.1, 0.15) is 28.4 Å². The summed E-state index contributed by atoms with van der Waals surface area (Å²) in [6.45, 7) is 5.97. The van der Waals surface area contributed by atoms with Gasteiger partial charge in [-0.25, -0.2) is 0 Å². The van der Waals surface area contributed by atoms with Gasteiger partial charge in [-0.05, 0) is 43.0 Å². The molecule has 1 rings (SSSR count). The van der Waals surface area contributed by atoms with E-state index in [2.05, 4.69) is 12.6 Å². The summed E-state index contributed by atoms with van der Waals surface area (Å²) < 4.78 is 0. The first-order valence-electron chi connectivity index (χ1n) is 5.02. The molecule has 0 saturated carbocycles. The molecule has 0 aliphatic rings. The zero-order valence-corrected chi connectivity index (χ0v) is 10.3. The van der Waals surface area contributed by atoms with Crippen molar-refractivity contribution in [2.45, 2.75) is 33.0 Å². The van der Waals surface area contributed by atoms with Crippen LogP contribution in [-0.4, -0.2) is 22.1 Å². The summed E-state index contributed by atoms with van der Waals surface area (Å²) in [5.74, 6) is 0.257. The zero-order valence-electron chi connectivity index (χ0n) is 9.36. The molecule has 1 aromatic rings. The molecule has 0 aliphatic carbocycles. The molecule has 0 spiro atoms. The van der Waals surface area contributed by atoms with Crippen LogP contribution in [0.2, 0.25) is 0 Å². The molecule has 0 amide bonds. The minimum absolute atomic E-state index is 0.257. The molecule has 0 bridgehead atoms. The normalized spacial score (nSPS) is 15.1. The van der Waals surface area contributed by atoms with Crippen molar-refractivity contribution in [3.8, 4) is 0 Å². The predicted molar refractivity (Wildman–Crippen MR) is 65.5 cm³/mol. The molecule has 2 atom stereocenters. The lowest BCUT2D eigenvalue weighted by Crippen LogP contribution is -2.20. The highest BCUT2D eigenvalue weighted by Gasteiger charge is 2.19. The van der Waals surface area contributed by atoms with Crippen molar-refractivity contribution in [1.29, 1.82) is 0 Å². The minimum atomic E-state index is -0.846. The number of aliphatic hydroxyl groups excluding tert-OH is 2. The number of hydrogen-bond acceptors (Lipinski definition) is 3. The second-order valence-corrected chi connectivity index (χ2v) is 4.35. The Balaban J connectivity index is 3.09. The predicted octanol–water partition coefficient (Wildman–Crippen LogP) is 1.94. The zero-order chi connectivity index (χ0) is 11.6. The van der Waals surface area contributed by atoms with E-state index in [9.17, 15) is 10.2 Å². The van der Waals surface area contributed by atoms with E-state index in [4.69, 9.17) is 0 Å². The molecule has 0 aromatic heterocycles. The van der Waals surface area contributed by atoms with Crippen LogP contribution in [0.4, 0.5) is 0 Å². The quantitative estimate of drug-likeness (QED) is 0.689. The van der Waals surface area contributed by atoms with Crippen LogP contribution >= 0.6 is 12.6 Å². The molecule has 2 N–H and O–H groups in total. The van der Waals surface area contributed by atoms with Gasteiger partial charge in [-0.15, -0.1) is 0 Å². The van der Waals surface area contributed by atoms with Crippen LogP contribution < -0.4 is 0 Å². The van der Waals surface area contributed by atoms with Gasteiger partial charge in [0.1, 0.15) is 6.10 Å². The maximum atomic E-state index is 9.89. The first-order chi connectivity index (χ1) is 6.97. The van der Waals surface area contributed by atoms with Crippen molar-refractivity contribution < 1.29 is 10.2 Å². The Kier molecular flexibility index (Phi) is 4.20. The van der Waals surface area contributed by atoms with Gasteiger partial charge in [-0.1, -0.05) is 12.1 Å². The Labute approximate surface area is 96.4 Å². The fourth-order valence-corrected chi connectivity index (χ4v) is 1.81. The second-order valence-electron chi connectivity index (χ2n) is 3.99. The fourth-order valence-electron chi connectivity index (χ4n) is 1.61. The minimum Gasteiger partial charge on any atom is -0.389 e. The Bertz CT molecular complexity index is 350. The number of aryl methyl sites for hydroxylation is 3. The topological polar surface area (TPSA) is 40.5 Å². The summed E-state index contributed by atoms with van der Waals surface area (Å²) in [5.41, 5.74) is 4.12. The maximum Gasteiger partial charge on any atom is 0.106 e. The van der Waals surface area contributed by atoms with E-state index in [1.54, 1.807) is 0 Å². The Morgan fingerprint density at radius 1 is 1.07 bits per heavy atom. The lowest BCUT2D eigenvalue weighted by atomic mass is 9.95. The highest BCUT2D eigenvalue weighted by molar-refractivity contribution is 7.80. The van der Waals surface area contributed by atoms with Crippen LogP contribution in [0.5, 0.6) is 0 Å². The number of rotatable bonds is 3. The summed E-state index contributed by atoms with van der Waals surface area (Å²) >= 11 is 3.98. The number of hydrogen-bond donors (Lipinski definition) is 3. The molecule has 84 valence electrons. The van der Waals surface area contributed by atoms with Crippen LogP contribution in [-0.2, 0) is 0 Å². The molecule has 0 heterocycles. The molecule has 1 aromatic carbocycles. The third-order valence-electron chi connectivity index (χ3n) is 2.75. The summed E-state index contributed by atoms with van der Waals surface area (Å²) in [7, 11) is 0. The fraction of sp³-hybridized carbons (Fsp3) is 0.500. The monoisotopic (exact) mass is 226 g/mol. The van der Waals surface area contributed by atoms with Crippen LogP contribution in [0.15, 0.2) is 12.1 Å². The largest absolute Gasteiger partial charge is 0.389 e. The van der Waals surface area contributed by atoms with E-state index in [1.165, 1.54) is 5.56 Å². The third-order valence-corrected chi connectivity index (χ3v) is 3.13. The van der Waals surface area contributed by atoms with Gasteiger partial charge in [0.25, 0.3) is 0 Å².